The first-order chi connectivity index (χ1) is 12.1. The maximum Gasteiger partial charge on any atom is 0.416 e. The molecule has 0 amide bonds. The number of alkyl halides is 3. The lowest BCUT2D eigenvalue weighted by molar-refractivity contribution is -0.137. The van der Waals surface area contributed by atoms with Gasteiger partial charge < -0.3 is 4.42 Å². The first kappa shape index (κ1) is 18.5. The molecule has 1 aromatic heterocycles. The molecule has 0 spiro atoms. The number of sulfonamides is 1. The van der Waals surface area contributed by atoms with E-state index in [1.807, 2.05) is 12.1 Å². The van der Waals surface area contributed by atoms with Crippen LogP contribution in [0.1, 0.15) is 24.3 Å². The molecule has 0 aliphatic carbocycles. The second-order valence-electron chi connectivity index (χ2n) is 5.91. The van der Waals surface area contributed by atoms with Crippen LogP contribution >= 0.6 is 0 Å². The van der Waals surface area contributed by atoms with Gasteiger partial charge >= 0.3 is 6.18 Å². The standard InChI is InChI=1S/C18H16F3NO3S/c1-12(17-10-13-6-3-4-9-16(13)25-17)22(2)26(23,24)15-8-5-7-14(11-15)18(19,20)21/h3-12H,1-2H3. The summed E-state index contributed by atoms with van der Waals surface area (Å²) in [5, 5.41) is 0.819. The van der Waals surface area contributed by atoms with Gasteiger partial charge in [-0.2, -0.15) is 17.5 Å². The minimum atomic E-state index is -4.62. The molecule has 1 atom stereocenters. The Balaban J connectivity index is 1.96. The summed E-state index contributed by atoms with van der Waals surface area (Å²) in [4.78, 5) is -0.419. The van der Waals surface area contributed by atoms with Gasteiger partial charge in [0.05, 0.1) is 16.5 Å². The third-order valence-corrected chi connectivity index (χ3v) is 6.16. The Hall–Kier alpha value is -2.32. The van der Waals surface area contributed by atoms with Crippen LogP contribution in [0.2, 0.25) is 0 Å². The molecule has 0 aliphatic heterocycles. The second-order valence-corrected chi connectivity index (χ2v) is 7.91. The Bertz CT molecular complexity index is 1010. The molecule has 138 valence electrons. The van der Waals surface area contributed by atoms with Crippen molar-refractivity contribution >= 4 is 21.0 Å². The number of hydrogen-bond donors (Lipinski definition) is 0. The molecule has 0 fully saturated rings. The van der Waals surface area contributed by atoms with Gasteiger partial charge in [-0.1, -0.05) is 24.3 Å². The minimum absolute atomic E-state index is 0.407. The van der Waals surface area contributed by atoms with Crippen LogP contribution in [0.3, 0.4) is 0 Å². The van der Waals surface area contributed by atoms with Crippen molar-refractivity contribution in [2.45, 2.75) is 24.0 Å². The monoisotopic (exact) mass is 383 g/mol. The van der Waals surface area contributed by atoms with Gasteiger partial charge in [-0.05, 0) is 37.3 Å². The van der Waals surface area contributed by atoms with Crippen LogP contribution in [0.4, 0.5) is 13.2 Å². The van der Waals surface area contributed by atoms with Gasteiger partial charge in [0.25, 0.3) is 0 Å². The van der Waals surface area contributed by atoms with E-state index < -0.39 is 32.7 Å². The Kier molecular flexibility index (Phi) is 4.58. The lowest BCUT2D eigenvalue weighted by Crippen LogP contribution is -2.29. The fourth-order valence-electron chi connectivity index (χ4n) is 2.59. The van der Waals surface area contributed by atoms with E-state index in [1.54, 1.807) is 25.1 Å². The summed E-state index contributed by atoms with van der Waals surface area (Å²) >= 11 is 0. The molecule has 1 unspecified atom stereocenters. The predicted molar refractivity (Wildman–Crippen MR) is 91.0 cm³/mol. The van der Waals surface area contributed by atoms with Gasteiger partial charge in [0.2, 0.25) is 10.0 Å². The summed E-state index contributed by atoms with van der Waals surface area (Å²) in [5.74, 6) is 0.407. The quantitative estimate of drug-likeness (QED) is 0.648. The van der Waals surface area contributed by atoms with Crippen molar-refractivity contribution in [1.82, 2.24) is 4.31 Å². The molecule has 0 saturated carbocycles. The topological polar surface area (TPSA) is 50.5 Å². The van der Waals surface area contributed by atoms with Crippen molar-refractivity contribution in [3.63, 3.8) is 0 Å². The van der Waals surface area contributed by atoms with Crippen LogP contribution in [0, 0.1) is 0 Å². The van der Waals surface area contributed by atoms with Gasteiger partial charge in [-0.25, -0.2) is 8.42 Å². The summed E-state index contributed by atoms with van der Waals surface area (Å²) in [6.07, 6.45) is -4.62. The molecule has 2 aromatic carbocycles. The van der Waals surface area contributed by atoms with Crippen LogP contribution in [0.5, 0.6) is 0 Å². The predicted octanol–water partition coefficient (Wildman–Crippen LogP) is 4.83. The van der Waals surface area contributed by atoms with Crippen LogP contribution < -0.4 is 0 Å². The summed E-state index contributed by atoms with van der Waals surface area (Å²) in [7, 11) is -2.82. The highest BCUT2D eigenvalue weighted by atomic mass is 32.2. The van der Waals surface area contributed by atoms with Crippen LogP contribution in [-0.4, -0.2) is 19.8 Å². The lowest BCUT2D eigenvalue weighted by Gasteiger charge is -2.23. The molecular weight excluding hydrogens is 367 g/mol. The van der Waals surface area contributed by atoms with E-state index in [0.717, 1.165) is 27.9 Å². The highest BCUT2D eigenvalue weighted by Gasteiger charge is 2.33. The van der Waals surface area contributed by atoms with Crippen LogP contribution in [0.25, 0.3) is 11.0 Å². The van der Waals surface area contributed by atoms with Gasteiger partial charge in [0.1, 0.15) is 11.3 Å². The zero-order valence-electron chi connectivity index (χ0n) is 14.0. The number of nitrogens with zero attached hydrogens (tertiary/aromatic N) is 1. The van der Waals surface area contributed by atoms with Crippen molar-refractivity contribution in [3.05, 3.63) is 65.9 Å². The molecule has 3 aromatic rings. The van der Waals surface area contributed by atoms with E-state index in [1.165, 1.54) is 7.05 Å². The van der Waals surface area contributed by atoms with Crippen molar-refractivity contribution < 1.29 is 26.0 Å². The van der Waals surface area contributed by atoms with E-state index in [-0.39, 0.29) is 0 Å². The zero-order valence-corrected chi connectivity index (χ0v) is 14.8. The minimum Gasteiger partial charge on any atom is -0.459 e. The zero-order chi connectivity index (χ0) is 19.1. The SMILES string of the molecule is CC(c1cc2ccccc2o1)N(C)S(=O)(=O)c1cccc(C(F)(F)F)c1. The second kappa shape index (κ2) is 6.44. The molecule has 0 saturated heterocycles. The molecule has 0 N–H and O–H groups in total. The maximum absolute atomic E-state index is 12.9. The average molecular weight is 383 g/mol. The number of furan rings is 1. The van der Waals surface area contributed by atoms with Gasteiger partial charge in [-0.3, -0.25) is 0 Å². The summed E-state index contributed by atoms with van der Waals surface area (Å²) in [6.45, 7) is 1.61. The molecule has 1 heterocycles. The number of para-hydroxylation sites is 1. The Morgan fingerprint density at radius 3 is 2.38 bits per heavy atom. The number of hydrogen-bond acceptors (Lipinski definition) is 3. The molecule has 0 aliphatic rings. The third-order valence-electron chi connectivity index (χ3n) is 4.24. The van der Waals surface area contributed by atoms with Gasteiger partial charge in [0, 0.05) is 12.4 Å². The molecule has 3 rings (SSSR count). The third kappa shape index (κ3) is 3.34. The van der Waals surface area contributed by atoms with Crippen molar-refractivity contribution in [3.8, 4) is 0 Å². The Morgan fingerprint density at radius 2 is 1.73 bits per heavy atom. The Morgan fingerprint density at radius 1 is 1.04 bits per heavy atom. The van der Waals surface area contributed by atoms with E-state index in [4.69, 9.17) is 4.42 Å². The van der Waals surface area contributed by atoms with Gasteiger partial charge in [-0.15, -0.1) is 0 Å². The highest BCUT2D eigenvalue weighted by Crippen LogP contribution is 2.33. The first-order valence-corrected chi connectivity index (χ1v) is 9.18. The number of rotatable bonds is 4. The lowest BCUT2D eigenvalue weighted by atomic mass is 10.2. The van der Waals surface area contributed by atoms with E-state index in [2.05, 4.69) is 0 Å². The largest absolute Gasteiger partial charge is 0.459 e. The number of fused-ring (bicyclic) bond motifs is 1. The van der Waals surface area contributed by atoms with E-state index in [0.29, 0.717) is 17.4 Å². The van der Waals surface area contributed by atoms with Crippen molar-refractivity contribution in [2.24, 2.45) is 0 Å². The molecule has 26 heavy (non-hydrogen) atoms. The normalized spacial score (nSPS) is 14.1. The maximum atomic E-state index is 12.9. The van der Waals surface area contributed by atoms with Crippen molar-refractivity contribution in [2.75, 3.05) is 7.05 Å². The molecule has 0 bridgehead atoms. The smallest absolute Gasteiger partial charge is 0.416 e. The summed E-state index contributed by atoms with van der Waals surface area (Å²) < 4.78 is 70.8. The number of benzene rings is 2. The Labute approximate surface area is 148 Å². The fraction of sp³-hybridized carbons (Fsp3) is 0.222. The highest BCUT2D eigenvalue weighted by molar-refractivity contribution is 7.89. The van der Waals surface area contributed by atoms with E-state index in [9.17, 15) is 21.6 Å². The molecule has 0 radical (unpaired) electrons. The summed E-state index contributed by atoms with van der Waals surface area (Å²) in [6, 6.07) is 11.9. The first-order valence-electron chi connectivity index (χ1n) is 7.74. The van der Waals surface area contributed by atoms with Crippen LogP contribution in [0.15, 0.2) is 63.9 Å². The molecule has 8 heteroatoms. The average Bonchev–Trinajstić information content (AvgIpc) is 3.04. The van der Waals surface area contributed by atoms with Gasteiger partial charge in [0.15, 0.2) is 0 Å². The summed E-state index contributed by atoms with van der Waals surface area (Å²) in [5.41, 5.74) is -0.400. The van der Waals surface area contributed by atoms with E-state index >= 15 is 0 Å². The fourth-order valence-corrected chi connectivity index (χ4v) is 3.97. The number of halogens is 3. The molecule has 4 nitrogen and oxygen atoms in total. The van der Waals surface area contributed by atoms with Crippen LogP contribution in [-0.2, 0) is 16.2 Å². The van der Waals surface area contributed by atoms with Crippen molar-refractivity contribution in [1.29, 1.82) is 0 Å². The molecular formula is C18H16F3NO3S.